The van der Waals surface area contributed by atoms with Gasteiger partial charge >= 0.3 is 0 Å². The predicted molar refractivity (Wildman–Crippen MR) is 115 cm³/mol. The van der Waals surface area contributed by atoms with E-state index in [0.717, 1.165) is 22.2 Å². The Balaban J connectivity index is 1.86. The molecule has 2 aromatic carbocycles. The number of rotatable bonds is 7. The number of nitrogens with two attached hydrogens (primary N) is 1. The lowest BCUT2D eigenvalue weighted by molar-refractivity contribution is -0.114. The molecule has 0 radical (unpaired) electrons. The molecule has 1 heterocycles. The molecule has 0 aliphatic rings. The normalized spacial score (nSPS) is 11.6. The fourth-order valence-electron chi connectivity index (χ4n) is 3.39. The zero-order valence-electron chi connectivity index (χ0n) is 17.0. The van der Waals surface area contributed by atoms with E-state index in [4.69, 9.17) is 15.7 Å². The van der Waals surface area contributed by atoms with Crippen LogP contribution in [0.5, 0.6) is 5.75 Å². The van der Waals surface area contributed by atoms with Crippen molar-refractivity contribution >= 4 is 22.9 Å². The molecule has 5 nitrogen and oxygen atoms in total. The van der Waals surface area contributed by atoms with Gasteiger partial charge in [0.25, 0.3) is 5.91 Å². The van der Waals surface area contributed by atoms with Crippen molar-refractivity contribution in [2.45, 2.75) is 33.2 Å². The van der Waals surface area contributed by atoms with Crippen LogP contribution in [0.3, 0.4) is 0 Å². The van der Waals surface area contributed by atoms with Gasteiger partial charge in [0.15, 0.2) is 0 Å². The summed E-state index contributed by atoms with van der Waals surface area (Å²) in [5.74, 6) is 0.568. The standard InChI is InChI=1S/C24H25N3O2/c1-16(2)20-9-8-17(3)12-23(20)29-11-10-27-15-19(13-18(14-25)24(26)28)21-6-4-5-7-22(21)27/h4-9,12-13,15-16H,10-11H2,1-3H3,(H2,26,28). The van der Waals surface area contributed by atoms with Crippen LogP contribution in [0.25, 0.3) is 17.0 Å². The first-order valence-electron chi connectivity index (χ1n) is 9.63. The molecule has 0 atom stereocenters. The second-order valence-electron chi connectivity index (χ2n) is 7.37. The first kappa shape index (κ1) is 20.2. The lowest BCUT2D eigenvalue weighted by atomic mass is 10.0. The number of benzene rings is 2. The Bertz CT molecular complexity index is 1120. The smallest absolute Gasteiger partial charge is 0.259 e. The molecule has 3 aromatic rings. The molecule has 0 spiro atoms. The number of aryl methyl sites for hydroxylation is 1. The van der Waals surface area contributed by atoms with E-state index in [1.54, 1.807) is 6.08 Å². The maximum atomic E-state index is 11.4. The Morgan fingerprint density at radius 2 is 2.03 bits per heavy atom. The lowest BCUT2D eigenvalue weighted by Crippen LogP contribution is -2.12. The zero-order chi connectivity index (χ0) is 21.0. The van der Waals surface area contributed by atoms with Crippen LogP contribution in [0, 0.1) is 18.3 Å². The fourth-order valence-corrected chi connectivity index (χ4v) is 3.39. The van der Waals surface area contributed by atoms with Crippen LogP contribution >= 0.6 is 0 Å². The van der Waals surface area contributed by atoms with Gasteiger partial charge in [0.05, 0.1) is 6.54 Å². The first-order valence-corrected chi connectivity index (χ1v) is 9.63. The summed E-state index contributed by atoms with van der Waals surface area (Å²) in [5, 5.41) is 10.1. The van der Waals surface area contributed by atoms with Crippen LogP contribution < -0.4 is 10.5 Å². The van der Waals surface area contributed by atoms with Crippen LogP contribution in [-0.4, -0.2) is 17.1 Å². The number of nitrogens with zero attached hydrogens (tertiary/aromatic N) is 2. The summed E-state index contributed by atoms with van der Waals surface area (Å²) in [6.07, 6.45) is 3.47. The van der Waals surface area contributed by atoms with Crippen molar-refractivity contribution in [2.24, 2.45) is 5.73 Å². The Kier molecular flexibility index (Phi) is 6.04. The molecular formula is C24H25N3O2. The number of primary amides is 1. The molecule has 3 rings (SSSR count). The summed E-state index contributed by atoms with van der Waals surface area (Å²) >= 11 is 0. The number of aromatic nitrogens is 1. The quantitative estimate of drug-likeness (QED) is 0.477. The Labute approximate surface area is 171 Å². The molecule has 0 unspecified atom stereocenters. The number of fused-ring (bicyclic) bond motifs is 1. The van der Waals surface area contributed by atoms with Crippen LogP contribution in [-0.2, 0) is 11.3 Å². The first-order chi connectivity index (χ1) is 13.9. The second kappa shape index (κ2) is 8.66. The number of carbonyl (C=O) groups excluding carboxylic acids is 1. The van der Waals surface area contributed by atoms with E-state index >= 15 is 0 Å². The van der Waals surface area contributed by atoms with E-state index in [2.05, 4.69) is 43.5 Å². The van der Waals surface area contributed by atoms with E-state index < -0.39 is 5.91 Å². The van der Waals surface area contributed by atoms with Crippen LogP contribution in [0.1, 0.15) is 36.5 Å². The summed E-state index contributed by atoms with van der Waals surface area (Å²) in [7, 11) is 0. The van der Waals surface area contributed by atoms with Crippen LogP contribution in [0.2, 0.25) is 0 Å². The minimum atomic E-state index is -0.728. The molecule has 0 aliphatic heterocycles. The van der Waals surface area contributed by atoms with E-state index in [-0.39, 0.29) is 5.57 Å². The number of hydrogen-bond donors (Lipinski definition) is 1. The molecule has 5 heteroatoms. The molecule has 1 amide bonds. The third-order valence-corrected chi connectivity index (χ3v) is 4.89. The van der Waals surface area contributed by atoms with E-state index in [9.17, 15) is 4.79 Å². The maximum Gasteiger partial charge on any atom is 0.259 e. The highest BCUT2D eigenvalue weighted by molar-refractivity contribution is 6.03. The summed E-state index contributed by atoms with van der Waals surface area (Å²) in [4.78, 5) is 11.4. The van der Waals surface area contributed by atoms with Gasteiger partial charge in [-0.25, -0.2) is 0 Å². The van der Waals surface area contributed by atoms with Gasteiger partial charge in [-0.05, 0) is 42.2 Å². The van der Waals surface area contributed by atoms with Gasteiger partial charge in [-0.15, -0.1) is 0 Å². The van der Waals surface area contributed by atoms with Crippen molar-refractivity contribution in [1.82, 2.24) is 4.57 Å². The molecule has 0 saturated heterocycles. The fraction of sp³-hybridized carbons (Fsp3) is 0.250. The Hall–Kier alpha value is -3.52. The van der Waals surface area contributed by atoms with Gasteiger partial charge in [0.1, 0.15) is 24.0 Å². The van der Waals surface area contributed by atoms with Crippen molar-refractivity contribution in [1.29, 1.82) is 5.26 Å². The average molecular weight is 387 g/mol. The van der Waals surface area contributed by atoms with Crippen LogP contribution in [0.15, 0.2) is 54.2 Å². The van der Waals surface area contributed by atoms with Gasteiger partial charge in [0, 0.05) is 22.7 Å². The minimum absolute atomic E-state index is 0.0644. The number of nitriles is 1. The number of hydrogen-bond acceptors (Lipinski definition) is 3. The highest BCUT2D eigenvalue weighted by Crippen LogP contribution is 2.28. The highest BCUT2D eigenvalue weighted by Gasteiger charge is 2.11. The minimum Gasteiger partial charge on any atom is -0.491 e. The van der Waals surface area contributed by atoms with E-state index in [1.165, 1.54) is 11.1 Å². The van der Waals surface area contributed by atoms with Gasteiger partial charge < -0.3 is 15.0 Å². The Morgan fingerprint density at radius 3 is 2.72 bits per heavy atom. The van der Waals surface area contributed by atoms with Crippen LogP contribution in [0.4, 0.5) is 0 Å². The number of ether oxygens (including phenoxy) is 1. The largest absolute Gasteiger partial charge is 0.491 e. The summed E-state index contributed by atoms with van der Waals surface area (Å²) in [5.41, 5.74) is 9.38. The van der Waals surface area contributed by atoms with Gasteiger partial charge in [-0.3, -0.25) is 4.79 Å². The van der Waals surface area contributed by atoms with Crippen molar-refractivity contribution in [3.63, 3.8) is 0 Å². The van der Waals surface area contributed by atoms with Crippen molar-refractivity contribution in [3.05, 3.63) is 70.9 Å². The molecular weight excluding hydrogens is 362 g/mol. The number of amides is 1. The molecule has 0 fully saturated rings. The summed E-state index contributed by atoms with van der Waals surface area (Å²) in [6.45, 7) is 7.51. The van der Waals surface area contributed by atoms with Gasteiger partial charge in [0.2, 0.25) is 0 Å². The van der Waals surface area contributed by atoms with Crippen molar-refractivity contribution in [2.75, 3.05) is 6.61 Å². The molecule has 2 N–H and O–H groups in total. The third-order valence-electron chi connectivity index (χ3n) is 4.89. The highest BCUT2D eigenvalue weighted by atomic mass is 16.5. The monoisotopic (exact) mass is 387 g/mol. The topological polar surface area (TPSA) is 81.0 Å². The van der Waals surface area contributed by atoms with Gasteiger partial charge in [-0.1, -0.05) is 44.2 Å². The Morgan fingerprint density at radius 1 is 1.28 bits per heavy atom. The average Bonchev–Trinajstić information content (AvgIpc) is 3.03. The van der Waals surface area contributed by atoms with E-state index in [1.807, 2.05) is 36.5 Å². The molecule has 0 saturated carbocycles. The lowest BCUT2D eigenvalue weighted by Gasteiger charge is -2.15. The van der Waals surface area contributed by atoms with Crippen molar-refractivity contribution < 1.29 is 9.53 Å². The predicted octanol–water partition coefficient (Wildman–Crippen LogP) is 4.54. The molecule has 29 heavy (non-hydrogen) atoms. The number of para-hydroxylation sites is 1. The summed E-state index contributed by atoms with van der Waals surface area (Å²) in [6, 6.07) is 16.0. The number of carbonyl (C=O) groups is 1. The maximum absolute atomic E-state index is 11.4. The molecule has 0 aliphatic carbocycles. The van der Waals surface area contributed by atoms with E-state index in [0.29, 0.717) is 19.1 Å². The second-order valence-corrected chi connectivity index (χ2v) is 7.37. The molecule has 148 valence electrons. The summed E-state index contributed by atoms with van der Waals surface area (Å²) < 4.78 is 8.19. The third kappa shape index (κ3) is 4.49. The molecule has 1 aromatic heterocycles. The zero-order valence-corrected chi connectivity index (χ0v) is 17.0. The molecule has 0 bridgehead atoms. The van der Waals surface area contributed by atoms with Crippen molar-refractivity contribution in [3.8, 4) is 11.8 Å². The SMILES string of the molecule is Cc1ccc(C(C)C)c(OCCn2cc(C=C(C#N)C(N)=O)c3ccccc32)c1. The van der Waals surface area contributed by atoms with Gasteiger partial charge in [-0.2, -0.15) is 5.26 Å².